The molecule has 0 aliphatic rings. The van der Waals surface area contributed by atoms with Gasteiger partial charge in [-0.05, 0) is 37.4 Å². The van der Waals surface area contributed by atoms with E-state index in [9.17, 15) is 24.3 Å². The summed E-state index contributed by atoms with van der Waals surface area (Å²) in [5.41, 5.74) is 12.8. The van der Waals surface area contributed by atoms with E-state index in [4.69, 9.17) is 16.6 Å². The minimum atomic E-state index is -1.28. The Labute approximate surface area is 190 Å². The van der Waals surface area contributed by atoms with Crippen LogP contribution in [0.2, 0.25) is 0 Å². The van der Waals surface area contributed by atoms with Crippen LogP contribution in [-0.2, 0) is 25.6 Å². The van der Waals surface area contributed by atoms with Gasteiger partial charge in [-0.3, -0.25) is 14.4 Å². The molecule has 2 amide bonds. The van der Waals surface area contributed by atoms with Crippen LogP contribution in [0.3, 0.4) is 0 Å². The van der Waals surface area contributed by atoms with Crippen LogP contribution in [0.15, 0.2) is 30.5 Å². The normalized spacial score (nSPS) is 13.8. The number of unbranched alkanes of at least 4 members (excludes halogenated alkanes) is 1. The summed E-state index contributed by atoms with van der Waals surface area (Å²) in [6.45, 7) is 0.463. The third-order valence-corrected chi connectivity index (χ3v) is 5.30. The van der Waals surface area contributed by atoms with Gasteiger partial charge in [-0.25, -0.2) is 4.79 Å². The summed E-state index contributed by atoms with van der Waals surface area (Å²) in [5.74, 6) is -3.80. The van der Waals surface area contributed by atoms with E-state index in [0.29, 0.717) is 31.4 Å². The Morgan fingerprint density at radius 1 is 0.970 bits per heavy atom. The van der Waals surface area contributed by atoms with Crippen molar-refractivity contribution in [3.8, 4) is 0 Å². The largest absolute Gasteiger partial charge is 0.481 e. The summed E-state index contributed by atoms with van der Waals surface area (Å²) < 4.78 is 0. The molecule has 0 saturated heterocycles. The highest BCUT2D eigenvalue weighted by molar-refractivity contribution is 5.92. The molecule has 11 heteroatoms. The number of aliphatic carboxylic acids is 2. The second kappa shape index (κ2) is 12.6. The maximum absolute atomic E-state index is 12.8. The highest BCUT2D eigenvalue weighted by atomic mass is 16.4. The van der Waals surface area contributed by atoms with Crippen molar-refractivity contribution in [3.05, 3.63) is 36.0 Å². The molecule has 33 heavy (non-hydrogen) atoms. The Balaban J connectivity index is 2.09. The number of aromatic amines is 1. The minimum Gasteiger partial charge on any atom is -0.481 e. The molecule has 9 N–H and O–H groups in total. The molecule has 0 aliphatic heterocycles. The van der Waals surface area contributed by atoms with Crippen LogP contribution < -0.4 is 22.1 Å². The van der Waals surface area contributed by atoms with E-state index in [1.54, 1.807) is 6.20 Å². The van der Waals surface area contributed by atoms with E-state index >= 15 is 0 Å². The van der Waals surface area contributed by atoms with Crippen LogP contribution in [0, 0.1) is 0 Å². The molecule has 0 bridgehead atoms. The number of benzene rings is 1. The van der Waals surface area contributed by atoms with Gasteiger partial charge in [0.05, 0.1) is 6.04 Å². The molecule has 1 heterocycles. The fraction of sp³-hybridized carbons (Fsp3) is 0.455. The zero-order chi connectivity index (χ0) is 24.4. The monoisotopic (exact) mass is 461 g/mol. The molecule has 0 spiro atoms. The third-order valence-electron chi connectivity index (χ3n) is 5.30. The van der Waals surface area contributed by atoms with Gasteiger partial charge in [0.25, 0.3) is 0 Å². The molecule has 1 aromatic heterocycles. The van der Waals surface area contributed by atoms with Gasteiger partial charge in [0.2, 0.25) is 11.8 Å². The van der Waals surface area contributed by atoms with Gasteiger partial charge in [0, 0.05) is 29.9 Å². The first kappa shape index (κ1) is 25.8. The molecular formula is C22H31N5O6. The Hall–Kier alpha value is -3.44. The predicted molar refractivity (Wildman–Crippen MR) is 121 cm³/mol. The van der Waals surface area contributed by atoms with Gasteiger partial charge in [0.1, 0.15) is 12.1 Å². The number of fused-ring (bicyclic) bond motifs is 1. The smallest absolute Gasteiger partial charge is 0.326 e. The van der Waals surface area contributed by atoms with E-state index < -0.39 is 41.9 Å². The van der Waals surface area contributed by atoms with Crippen LogP contribution in [0.5, 0.6) is 0 Å². The van der Waals surface area contributed by atoms with Crippen molar-refractivity contribution in [2.75, 3.05) is 6.54 Å². The lowest BCUT2D eigenvalue weighted by Crippen LogP contribution is -2.54. The van der Waals surface area contributed by atoms with Crippen LogP contribution in [-0.4, -0.2) is 63.6 Å². The molecule has 0 saturated carbocycles. The molecule has 0 unspecified atom stereocenters. The lowest BCUT2D eigenvalue weighted by atomic mass is 10.0. The number of carboxylic acid groups (broad SMARTS) is 2. The quantitative estimate of drug-likeness (QED) is 0.192. The number of carbonyl (C=O) groups excluding carboxylic acids is 2. The van der Waals surface area contributed by atoms with Crippen LogP contribution in [0.25, 0.3) is 10.9 Å². The van der Waals surface area contributed by atoms with Crippen LogP contribution in [0.4, 0.5) is 0 Å². The van der Waals surface area contributed by atoms with Gasteiger partial charge in [-0.2, -0.15) is 0 Å². The van der Waals surface area contributed by atoms with Crippen molar-refractivity contribution in [3.63, 3.8) is 0 Å². The summed E-state index contributed by atoms with van der Waals surface area (Å²) in [7, 11) is 0. The molecule has 0 fully saturated rings. The second-order valence-electron chi connectivity index (χ2n) is 7.85. The first-order chi connectivity index (χ1) is 15.7. The highest BCUT2D eigenvalue weighted by Crippen LogP contribution is 2.19. The number of hydrogen-bond donors (Lipinski definition) is 7. The van der Waals surface area contributed by atoms with Crippen molar-refractivity contribution in [2.24, 2.45) is 11.5 Å². The van der Waals surface area contributed by atoms with Crippen LogP contribution >= 0.6 is 0 Å². The maximum Gasteiger partial charge on any atom is 0.326 e. The van der Waals surface area contributed by atoms with Gasteiger partial charge in [-0.1, -0.05) is 24.6 Å². The Bertz CT molecular complexity index is 975. The summed E-state index contributed by atoms with van der Waals surface area (Å²) >= 11 is 0. The predicted octanol–water partition coefficient (Wildman–Crippen LogP) is 0.0857. The average Bonchev–Trinajstić information content (AvgIpc) is 3.18. The zero-order valence-corrected chi connectivity index (χ0v) is 18.3. The zero-order valence-electron chi connectivity index (χ0n) is 18.3. The number of carbonyl (C=O) groups is 4. The third kappa shape index (κ3) is 7.88. The van der Waals surface area contributed by atoms with Crippen molar-refractivity contribution < 1.29 is 29.4 Å². The van der Waals surface area contributed by atoms with Crippen molar-refractivity contribution in [1.29, 1.82) is 0 Å². The molecule has 3 atom stereocenters. The average molecular weight is 462 g/mol. The van der Waals surface area contributed by atoms with Crippen molar-refractivity contribution >= 4 is 34.7 Å². The molecule has 2 rings (SSSR count). The molecule has 1 aromatic carbocycles. The molecule has 11 nitrogen and oxygen atoms in total. The first-order valence-electron chi connectivity index (χ1n) is 10.8. The molecular weight excluding hydrogens is 430 g/mol. The number of carboxylic acids is 2. The fourth-order valence-electron chi connectivity index (χ4n) is 3.45. The molecule has 0 aliphatic carbocycles. The van der Waals surface area contributed by atoms with Gasteiger partial charge >= 0.3 is 11.9 Å². The Kier molecular flexibility index (Phi) is 9.83. The summed E-state index contributed by atoms with van der Waals surface area (Å²) in [4.78, 5) is 51.1. The second-order valence-corrected chi connectivity index (χ2v) is 7.85. The van der Waals surface area contributed by atoms with E-state index in [1.165, 1.54) is 0 Å². The van der Waals surface area contributed by atoms with Crippen molar-refractivity contribution in [2.45, 2.75) is 56.7 Å². The van der Waals surface area contributed by atoms with E-state index in [-0.39, 0.29) is 19.3 Å². The topological polar surface area (TPSA) is 201 Å². The first-order valence-corrected chi connectivity index (χ1v) is 10.8. The highest BCUT2D eigenvalue weighted by Gasteiger charge is 2.29. The summed E-state index contributed by atoms with van der Waals surface area (Å²) in [6.07, 6.45) is 2.76. The van der Waals surface area contributed by atoms with E-state index in [1.807, 2.05) is 24.3 Å². The number of rotatable bonds is 14. The number of aromatic nitrogens is 1. The number of H-pyrrole nitrogens is 1. The lowest BCUT2D eigenvalue weighted by Gasteiger charge is -2.22. The summed E-state index contributed by atoms with van der Waals surface area (Å²) in [6, 6.07) is 3.94. The molecule has 0 radical (unpaired) electrons. The Morgan fingerprint density at radius 2 is 1.67 bits per heavy atom. The van der Waals surface area contributed by atoms with Gasteiger partial charge in [0.15, 0.2) is 0 Å². The number of amides is 2. The summed E-state index contributed by atoms with van der Waals surface area (Å²) in [5, 5.41) is 24.4. The van der Waals surface area contributed by atoms with Crippen LogP contribution in [0.1, 0.15) is 37.7 Å². The number of hydrogen-bond acceptors (Lipinski definition) is 6. The van der Waals surface area contributed by atoms with E-state index in [0.717, 1.165) is 10.9 Å². The minimum absolute atomic E-state index is 0.00326. The SMILES string of the molecule is NCCCC[C@H](N)C(=O)N[C@@H](CCC(=O)O)C(=O)N[C@@H](Cc1c[nH]c2ccccc12)C(=O)O. The van der Waals surface area contributed by atoms with Crippen molar-refractivity contribution in [1.82, 2.24) is 15.6 Å². The lowest BCUT2D eigenvalue weighted by molar-refractivity contribution is -0.143. The fourth-order valence-corrected chi connectivity index (χ4v) is 3.45. The number of para-hydroxylation sites is 1. The van der Waals surface area contributed by atoms with E-state index in [2.05, 4.69) is 15.6 Å². The van der Waals surface area contributed by atoms with Gasteiger partial charge in [-0.15, -0.1) is 0 Å². The molecule has 2 aromatic rings. The standard InChI is InChI=1S/C22H31N5O6/c23-10-4-3-6-15(24)20(30)26-17(8-9-19(28)29)21(31)27-18(22(32)33)11-13-12-25-16-7-2-1-5-14(13)16/h1-2,5,7,12,15,17-18,25H,3-4,6,8-11,23-24H2,(H,26,30)(H,27,31)(H,28,29)(H,32,33)/t15-,17-,18-/m0/s1. The number of nitrogens with one attached hydrogen (secondary N) is 3. The Morgan fingerprint density at radius 3 is 2.33 bits per heavy atom. The maximum atomic E-state index is 12.8. The number of nitrogens with two attached hydrogens (primary N) is 2. The van der Waals surface area contributed by atoms with Gasteiger partial charge < -0.3 is 37.3 Å². The molecule has 180 valence electrons.